The number of hydrazine groups is 1. The highest BCUT2D eigenvalue weighted by molar-refractivity contribution is 8.26. The fraction of sp³-hybridized carbons (Fsp3) is 0.111. The summed E-state index contributed by atoms with van der Waals surface area (Å²) in [5.41, 5.74) is 4.55. The first kappa shape index (κ1) is 17.3. The largest absolute Gasteiger partial charge is 0.504 e. The Labute approximate surface area is 155 Å². The summed E-state index contributed by atoms with van der Waals surface area (Å²) in [6.45, 7) is 2.28. The molecule has 0 radical (unpaired) electrons. The molecule has 2 aromatic carbocycles. The highest BCUT2D eigenvalue weighted by Crippen LogP contribution is 2.34. The zero-order valence-corrected chi connectivity index (χ0v) is 15.1. The SMILES string of the molecule is CCOc1cc(C=C2SC(=S)N(Nc3ccccc3)C2=O)ccc1O. The molecule has 0 spiro atoms. The molecule has 1 fully saturated rings. The van der Waals surface area contributed by atoms with Crippen LogP contribution in [0.5, 0.6) is 11.5 Å². The number of nitrogens with zero attached hydrogens (tertiary/aromatic N) is 1. The van der Waals surface area contributed by atoms with Gasteiger partial charge in [0.05, 0.1) is 17.2 Å². The number of nitrogens with one attached hydrogen (secondary N) is 1. The number of benzene rings is 2. The number of carbonyl (C=O) groups is 1. The molecule has 5 nitrogen and oxygen atoms in total. The van der Waals surface area contributed by atoms with E-state index in [4.69, 9.17) is 17.0 Å². The predicted molar refractivity (Wildman–Crippen MR) is 104 cm³/mol. The minimum absolute atomic E-state index is 0.0669. The van der Waals surface area contributed by atoms with Gasteiger partial charge in [0.1, 0.15) is 0 Å². The monoisotopic (exact) mass is 372 g/mol. The van der Waals surface area contributed by atoms with E-state index in [9.17, 15) is 9.90 Å². The number of carbonyl (C=O) groups excluding carboxylic acids is 1. The first-order chi connectivity index (χ1) is 12.1. The number of anilines is 1. The van der Waals surface area contributed by atoms with Crippen LogP contribution in [0, 0.1) is 0 Å². The molecule has 1 aliphatic rings. The molecule has 0 unspecified atom stereocenters. The van der Waals surface area contributed by atoms with E-state index in [2.05, 4.69) is 5.43 Å². The number of phenolic OH excluding ortho intramolecular Hbond substituents is 1. The number of phenols is 1. The van der Waals surface area contributed by atoms with Gasteiger partial charge in [-0.1, -0.05) is 36.0 Å². The highest BCUT2D eigenvalue weighted by atomic mass is 32.2. The fourth-order valence-electron chi connectivity index (χ4n) is 2.25. The Bertz CT molecular complexity index is 837. The van der Waals surface area contributed by atoms with Crippen LogP contribution in [0.4, 0.5) is 5.69 Å². The number of hydrogen-bond donors (Lipinski definition) is 2. The molecular formula is C18H16N2O3S2. The summed E-state index contributed by atoms with van der Waals surface area (Å²) >= 11 is 6.52. The minimum Gasteiger partial charge on any atom is -0.504 e. The Kier molecular flexibility index (Phi) is 5.25. The third kappa shape index (κ3) is 3.94. The van der Waals surface area contributed by atoms with Crippen molar-refractivity contribution in [2.24, 2.45) is 0 Å². The topological polar surface area (TPSA) is 61.8 Å². The molecule has 7 heteroatoms. The van der Waals surface area contributed by atoms with Crippen molar-refractivity contribution in [3.8, 4) is 11.5 Å². The maximum absolute atomic E-state index is 12.6. The van der Waals surface area contributed by atoms with Gasteiger partial charge in [0.2, 0.25) is 0 Å². The lowest BCUT2D eigenvalue weighted by Crippen LogP contribution is -2.33. The molecule has 0 aliphatic carbocycles. The molecule has 128 valence electrons. The summed E-state index contributed by atoms with van der Waals surface area (Å²) in [7, 11) is 0. The van der Waals surface area contributed by atoms with E-state index in [0.29, 0.717) is 21.6 Å². The third-order valence-electron chi connectivity index (χ3n) is 3.39. The molecule has 0 aromatic heterocycles. The number of thiocarbonyl (C=S) groups is 1. The number of amides is 1. The molecule has 1 saturated heterocycles. The van der Waals surface area contributed by atoms with Crippen molar-refractivity contribution in [3.05, 3.63) is 59.0 Å². The smallest absolute Gasteiger partial charge is 0.285 e. The van der Waals surface area contributed by atoms with Crippen LogP contribution < -0.4 is 10.2 Å². The van der Waals surface area contributed by atoms with Gasteiger partial charge in [-0.05, 0) is 55.0 Å². The van der Waals surface area contributed by atoms with Crippen LogP contribution in [0.3, 0.4) is 0 Å². The van der Waals surface area contributed by atoms with Gasteiger partial charge >= 0.3 is 0 Å². The molecule has 0 bridgehead atoms. The normalized spacial score (nSPS) is 15.7. The Balaban J connectivity index is 1.82. The van der Waals surface area contributed by atoms with Crippen molar-refractivity contribution in [2.45, 2.75) is 6.92 Å². The maximum atomic E-state index is 12.6. The molecule has 0 saturated carbocycles. The average molecular weight is 372 g/mol. The van der Waals surface area contributed by atoms with Gasteiger partial charge < -0.3 is 9.84 Å². The number of ether oxygens (including phenoxy) is 1. The molecule has 25 heavy (non-hydrogen) atoms. The molecular weight excluding hydrogens is 356 g/mol. The molecule has 2 N–H and O–H groups in total. The first-order valence-electron chi connectivity index (χ1n) is 7.64. The summed E-state index contributed by atoms with van der Waals surface area (Å²) in [6.07, 6.45) is 1.73. The minimum atomic E-state index is -0.218. The Morgan fingerprint density at radius 1 is 1.28 bits per heavy atom. The van der Waals surface area contributed by atoms with Gasteiger partial charge in [0.25, 0.3) is 5.91 Å². The van der Waals surface area contributed by atoms with Crippen LogP contribution in [0.2, 0.25) is 0 Å². The average Bonchev–Trinajstić information content (AvgIpc) is 2.86. The predicted octanol–water partition coefficient (Wildman–Crippen LogP) is 4.02. The third-order valence-corrected chi connectivity index (χ3v) is 4.69. The van der Waals surface area contributed by atoms with Crippen molar-refractivity contribution in [3.63, 3.8) is 0 Å². The van der Waals surface area contributed by atoms with Gasteiger partial charge in [-0.2, -0.15) is 0 Å². The van der Waals surface area contributed by atoms with E-state index in [1.807, 2.05) is 37.3 Å². The lowest BCUT2D eigenvalue weighted by molar-refractivity contribution is -0.121. The van der Waals surface area contributed by atoms with Crippen molar-refractivity contribution >= 4 is 46.0 Å². The first-order valence-corrected chi connectivity index (χ1v) is 8.86. The lowest BCUT2D eigenvalue weighted by Gasteiger charge is -2.16. The van der Waals surface area contributed by atoms with Crippen molar-refractivity contribution in [2.75, 3.05) is 12.0 Å². The Hall–Kier alpha value is -2.51. The van der Waals surface area contributed by atoms with Crippen LogP contribution in [0.1, 0.15) is 12.5 Å². The van der Waals surface area contributed by atoms with E-state index in [1.165, 1.54) is 16.8 Å². The van der Waals surface area contributed by atoms with E-state index in [0.717, 1.165) is 11.3 Å². The van der Waals surface area contributed by atoms with Crippen LogP contribution in [0.15, 0.2) is 53.4 Å². The molecule has 1 aliphatic heterocycles. The zero-order valence-electron chi connectivity index (χ0n) is 13.4. The van der Waals surface area contributed by atoms with Crippen LogP contribution in [-0.4, -0.2) is 27.0 Å². The molecule has 2 aromatic rings. The highest BCUT2D eigenvalue weighted by Gasteiger charge is 2.32. The summed E-state index contributed by atoms with van der Waals surface area (Å²) < 4.78 is 5.80. The standard InChI is InChI=1S/C18H16N2O3S2/c1-2-23-15-10-12(8-9-14(15)21)11-16-17(22)20(18(24)25-16)19-13-6-4-3-5-7-13/h3-11,19,21H,2H2,1H3. The second-order valence-electron chi connectivity index (χ2n) is 5.16. The maximum Gasteiger partial charge on any atom is 0.285 e. The quantitative estimate of drug-likeness (QED) is 0.611. The molecule has 3 rings (SSSR count). The Morgan fingerprint density at radius 2 is 2.04 bits per heavy atom. The lowest BCUT2D eigenvalue weighted by atomic mass is 10.2. The molecule has 1 heterocycles. The molecule has 0 atom stereocenters. The summed E-state index contributed by atoms with van der Waals surface area (Å²) in [5.74, 6) is 0.233. The molecule has 1 amide bonds. The number of rotatable bonds is 5. The number of aromatic hydroxyl groups is 1. The van der Waals surface area contributed by atoms with Gasteiger partial charge in [-0.25, -0.2) is 5.01 Å². The van der Waals surface area contributed by atoms with Gasteiger partial charge in [-0.3, -0.25) is 10.2 Å². The zero-order chi connectivity index (χ0) is 17.8. The number of para-hydroxylation sites is 1. The fourth-order valence-corrected chi connectivity index (χ4v) is 3.43. The number of thioether (sulfide) groups is 1. The van der Waals surface area contributed by atoms with Crippen LogP contribution in [-0.2, 0) is 4.79 Å². The second kappa shape index (κ2) is 7.58. The second-order valence-corrected chi connectivity index (χ2v) is 6.83. The van der Waals surface area contributed by atoms with E-state index in [1.54, 1.807) is 24.3 Å². The van der Waals surface area contributed by atoms with Gasteiger partial charge in [0, 0.05) is 0 Å². The van der Waals surface area contributed by atoms with E-state index >= 15 is 0 Å². The van der Waals surface area contributed by atoms with E-state index in [-0.39, 0.29) is 11.7 Å². The van der Waals surface area contributed by atoms with Crippen molar-refractivity contribution in [1.82, 2.24) is 5.01 Å². The van der Waals surface area contributed by atoms with Crippen LogP contribution >= 0.6 is 24.0 Å². The summed E-state index contributed by atoms with van der Waals surface area (Å²) in [4.78, 5) is 13.1. The summed E-state index contributed by atoms with van der Waals surface area (Å²) in [6, 6.07) is 14.3. The van der Waals surface area contributed by atoms with E-state index < -0.39 is 0 Å². The number of hydrogen-bond acceptors (Lipinski definition) is 6. The van der Waals surface area contributed by atoms with Crippen LogP contribution in [0.25, 0.3) is 6.08 Å². The van der Waals surface area contributed by atoms with Crippen molar-refractivity contribution < 1.29 is 14.6 Å². The Morgan fingerprint density at radius 3 is 2.76 bits per heavy atom. The summed E-state index contributed by atoms with van der Waals surface area (Å²) in [5, 5.41) is 11.1. The van der Waals surface area contributed by atoms with Gasteiger partial charge in [0.15, 0.2) is 15.8 Å². The van der Waals surface area contributed by atoms with Gasteiger partial charge in [-0.15, -0.1) is 0 Å². The van der Waals surface area contributed by atoms with Crippen molar-refractivity contribution in [1.29, 1.82) is 0 Å².